The Hall–Kier alpha value is -2.85. The fourth-order valence-corrected chi connectivity index (χ4v) is 2.36. The molecule has 0 aromatic heterocycles. The number of nitro benzene ring substituents is 1. The number of esters is 1. The Labute approximate surface area is 165 Å². The maximum atomic E-state index is 12.7. The van der Waals surface area contributed by atoms with Crippen molar-refractivity contribution in [3.63, 3.8) is 0 Å². The molecular weight excluding hydrogens is 428 g/mol. The predicted octanol–water partition coefficient (Wildman–Crippen LogP) is 4.72. The first-order valence-corrected chi connectivity index (χ1v) is 8.02. The minimum Gasteiger partial charge on any atom is -0.452 e. The van der Waals surface area contributed by atoms with Crippen molar-refractivity contribution in [3.8, 4) is 0 Å². The smallest absolute Gasteiger partial charge is 0.416 e. The average Bonchev–Trinajstić information content (AvgIpc) is 2.60. The first-order valence-electron chi connectivity index (χ1n) is 7.26. The van der Waals surface area contributed by atoms with Gasteiger partial charge in [-0.05, 0) is 30.3 Å². The molecule has 2 rings (SSSR count). The molecule has 1 amide bonds. The largest absolute Gasteiger partial charge is 0.452 e. The number of carbonyl (C=O) groups is 2. The number of nitro groups is 1. The summed E-state index contributed by atoms with van der Waals surface area (Å²) in [5.74, 6) is -2.21. The van der Waals surface area contributed by atoms with Crippen LogP contribution in [0.4, 0.5) is 24.5 Å². The second kappa shape index (κ2) is 8.44. The maximum Gasteiger partial charge on any atom is 0.416 e. The van der Waals surface area contributed by atoms with E-state index in [2.05, 4.69) is 10.1 Å². The fraction of sp³-hybridized carbons (Fsp3) is 0.125. The van der Waals surface area contributed by atoms with Gasteiger partial charge >= 0.3 is 12.1 Å². The number of alkyl halides is 3. The summed E-state index contributed by atoms with van der Waals surface area (Å²) >= 11 is 11.4. The number of ether oxygens (including phenoxy) is 1. The number of benzene rings is 2. The van der Waals surface area contributed by atoms with Gasteiger partial charge < -0.3 is 10.1 Å². The van der Waals surface area contributed by atoms with E-state index in [0.29, 0.717) is 6.07 Å². The quantitative estimate of drug-likeness (QED) is 0.415. The summed E-state index contributed by atoms with van der Waals surface area (Å²) in [6.45, 7) is -0.922. The third kappa shape index (κ3) is 5.33. The van der Waals surface area contributed by atoms with E-state index in [0.717, 1.165) is 24.3 Å². The zero-order chi connectivity index (χ0) is 21.1. The molecule has 7 nitrogen and oxygen atoms in total. The van der Waals surface area contributed by atoms with E-state index in [4.69, 9.17) is 23.2 Å². The summed E-state index contributed by atoms with van der Waals surface area (Å²) in [5, 5.41) is 12.9. The molecule has 0 radical (unpaired) electrons. The molecule has 1 N–H and O–H groups in total. The first kappa shape index (κ1) is 21.5. The van der Waals surface area contributed by atoms with E-state index in [9.17, 15) is 32.9 Å². The molecule has 0 saturated heterocycles. The number of carbonyl (C=O) groups excluding carboxylic acids is 2. The van der Waals surface area contributed by atoms with E-state index in [1.54, 1.807) is 0 Å². The lowest BCUT2D eigenvalue weighted by atomic mass is 10.2. The van der Waals surface area contributed by atoms with Crippen LogP contribution in [-0.2, 0) is 15.7 Å². The topological polar surface area (TPSA) is 98.5 Å². The van der Waals surface area contributed by atoms with Gasteiger partial charge in [-0.25, -0.2) is 4.79 Å². The van der Waals surface area contributed by atoms with Crippen LogP contribution in [0.15, 0.2) is 36.4 Å². The lowest BCUT2D eigenvalue weighted by Crippen LogP contribution is -2.21. The van der Waals surface area contributed by atoms with Crippen LogP contribution in [0, 0.1) is 10.1 Å². The zero-order valence-electron chi connectivity index (χ0n) is 13.5. The molecular formula is C16H9Cl2F3N2O5. The van der Waals surface area contributed by atoms with Crippen LogP contribution in [0.3, 0.4) is 0 Å². The molecule has 0 heterocycles. The highest BCUT2D eigenvalue weighted by molar-refractivity contribution is 6.33. The van der Waals surface area contributed by atoms with Crippen molar-refractivity contribution in [1.29, 1.82) is 0 Å². The number of hydrogen-bond acceptors (Lipinski definition) is 5. The number of hydrogen-bond donors (Lipinski definition) is 1. The van der Waals surface area contributed by atoms with Gasteiger partial charge in [0.05, 0.1) is 21.2 Å². The average molecular weight is 437 g/mol. The molecule has 0 spiro atoms. The molecule has 0 aliphatic rings. The van der Waals surface area contributed by atoms with Gasteiger partial charge in [0.25, 0.3) is 11.6 Å². The number of nitrogens with zero attached hydrogens (tertiary/aromatic N) is 1. The summed E-state index contributed by atoms with van der Waals surface area (Å²) in [6.07, 6.45) is -4.65. The van der Waals surface area contributed by atoms with Gasteiger partial charge in [-0.3, -0.25) is 14.9 Å². The molecule has 2 aromatic carbocycles. The summed E-state index contributed by atoms with van der Waals surface area (Å²) in [6, 6.07) is 5.46. The normalized spacial score (nSPS) is 11.0. The van der Waals surface area contributed by atoms with Crippen molar-refractivity contribution < 1.29 is 32.4 Å². The van der Waals surface area contributed by atoms with Gasteiger partial charge in [0.2, 0.25) is 0 Å². The molecule has 2 aromatic rings. The molecule has 148 valence electrons. The number of nitrogens with one attached hydrogen (secondary N) is 1. The van der Waals surface area contributed by atoms with Crippen LogP contribution in [0.2, 0.25) is 10.0 Å². The van der Waals surface area contributed by atoms with Crippen molar-refractivity contribution >= 4 is 46.5 Å². The van der Waals surface area contributed by atoms with Gasteiger partial charge in [-0.1, -0.05) is 23.2 Å². The lowest BCUT2D eigenvalue weighted by Gasteiger charge is -2.12. The minimum absolute atomic E-state index is 0.0257. The SMILES string of the molecule is O=C(COC(=O)c1cc(Cl)ccc1[N+](=O)[O-])Nc1cc(C(F)(F)F)ccc1Cl. The third-order valence-corrected chi connectivity index (χ3v) is 3.84. The molecule has 0 unspecified atom stereocenters. The van der Waals surface area contributed by atoms with Gasteiger partial charge in [-0.2, -0.15) is 13.2 Å². The van der Waals surface area contributed by atoms with Crippen molar-refractivity contribution in [2.75, 3.05) is 11.9 Å². The Morgan fingerprint density at radius 1 is 1.14 bits per heavy atom. The van der Waals surface area contributed by atoms with Crippen LogP contribution in [0.5, 0.6) is 0 Å². The van der Waals surface area contributed by atoms with E-state index in [1.165, 1.54) is 6.07 Å². The molecule has 0 atom stereocenters. The summed E-state index contributed by atoms with van der Waals surface area (Å²) in [7, 11) is 0. The molecule has 0 fully saturated rings. The van der Waals surface area contributed by atoms with Gasteiger partial charge in [0.15, 0.2) is 6.61 Å². The third-order valence-electron chi connectivity index (χ3n) is 3.28. The van der Waals surface area contributed by atoms with Crippen LogP contribution in [0.25, 0.3) is 0 Å². The summed E-state index contributed by atoms with van der Waals surface area (Å²) in [5.41, 5.74) is -2.46. The van der Waals surface area contributed by atoms with Crippen LogP contribution >= 0.6 is 23.2 Å². The number of rotatable bonds is 5. The van der Waals surface area contributed by atoms with Crippen LogP contribution in [-0.4, -0.2) is 23.4 Å². The van der Waals surface area contributed by atoms with E-state index >= 15 is 0 Å². The van der Waals surface area contributed by atoms with E-state index in [1.807, 2.05) is 0 Å². The van der Waals surface area contributed by atoms with E-state index in [-0.39, 0.29) is 15.7 Å². The molecule has 0 bridgehead atoms. The van der Waals surface area contributed by atoms with Gasteiger partial charge in [0.1, 0.15) is 5.56 Å². The predicted molar refractivity (Wildman–Crippen MR) is 93.5 cm³/mol. The van der Waals surface area contributed by atoms with E-state index < -0.39 is 46.4 Å². The Morgan fingerprint density at radius 2 is 1.82 bits per heavy atom. The summed E-state index contributed by atoms with van der Waals surface area (Å²) in [4.78, 5) is 33.9. The van der Waals surface area contributed by atoms with Gasteiger partial charge in [-0.15, -0.1) is 0 Å². The number of anilines is 1. The number of amides is 1. The second-order valence-electron chi connectivity index (χ2n) is 5.24. The highest BCUT2D eigenvalue weighted by Crippen LogP contribution is 2.33. The zero-order valence-corrected chi connectivity index (χ0v) is 15.1. The van der Waals surface area contributed by atoms with Gasteiger partial charge in [0, 0.05) is 11.1 Å². The monoisotopic (exact) mass is 436 g/mol. The molecule has 12 heteroatoms. The Bertz CT molecular complexity index is 950. The molecule has 0 aliphatic carbocycles. The highest BCUT2D eigenvalue weighted by Gasteiger charge is 2.31. The number of halogens is 5. The molecule has 0 saturated carbocycles. The Balaban J connectivity index is 2.09. The minimum atomic E-state index is -4.65. The lowest BCUT2D eigenvalue weighted by molar-refractivity contribution is -0.385. The standard InChI is InChI=1S/C16H9Cl2F3N2O5/c17-9-2-4-13(23(26)27)10(6-9)15(25)28-7-14(24)22-12-5-8(16(19,20)21)1-3-11(12)18/h1-6H,7H2,(H,22,24). The van der Waals surface area contributed by atoms with Crippen molar-refractivity contribution in [1.82, 2.24) is 0 Å². The summed E-state index contributed by atoms with van der Waals surface area (Å²) < 4.78 is 42.8. The van der Waals surface area contributed by atoms with Crippen LogP contribution in [0.1, 0.15) is 15.9 Å². The molecule has 28 heavy (non-hydrogen) atoms. The second-order valence-corrected chi connectivity index (χ2v) is 6.08. The van der Waals surface area contributed by atoms with Crippen molar-refractivity contribution in [2.24, 2.45) is 0 Å². The Kier molecular flexibility index (Phi) is 6.47. The van der Waals surface area contributed by atoms with Crippen molar-refractivity contribution in [2.45, 2.75) is 6.18 Å². The highest BCUT2D eigenvalue weighted by atomic mass is 35.5. The van der Waals surface area contributed by atoms with Crippen LogP contribution < -0.4 is 5.32 Å². The van der Waals surface area contributed by atoms with Crippen molar-refractivity contribution in [3.05, 3.63) is 67.7 Å². The first-order chi connectivity index (χ1) is 13.0. The Morgan fingerprint density at radius 3 is 2.43 bits per heavy atom. The fourth-order valence-electron chi connectivity index (χ4n) is 2.02. The molecule has 0 aliphatic heterocycles. The maximum absolute atomic E-state index is 12.7.